The van der Waals surface area contributed by atoms with E-state index in [0.29, 0.717) is 24.3 Å². The molecule has 0 atom stereocenters. The fourth-order valence-corrected chi connectivity index (χ4v) is 5.39. The fourth-order valence-electron chi connectivity index (χ4n) is 4.40. The Balaban J connectivity index is 1.27. The number of carbonyl (C=O) groups excluding carboxylic acids is 1. The number of carbonyl (C=O) groups is 1. The number of benzene rings is 1. The molecule has 3 heterocycles. The first-order chi connectivity index (χ1) is 14.9. The van der Waals surface area contributed by atoms with Gasteiger partial charge in [0.25, 0.3) is 5.56 Å². The van der Waals surface area contributed by atoms with E-state index in [1.165, 1.54) is 17.5 Å². The highest BCUT2D eigenvalue weighted by Gasteiger charge is 2.22. The summed E-state index contributed by atoms with van der Waals surface area (Å²) < 4.78 is 1.59. The highest BCUT2D eigenvalue weighted by atomic mass is 32.1. The second-order valence-electron chi connectivity index (χ2n) is 8.80. The maximum absolute atomic E-state index is 12.8. The molecule has 6 heteroatoms. The number of thiophene rings is 1. The zero-order valence-corrected chi connectivity index (χ0v) is 19.5. The maximum atomic E-state index is 12.8. The Morgan fingerprint density at radius 1 is 1.13 bits per heavy atom. The number of rotatable bonds is 6. The minimum absolute atomic E-state index is 0.0329. The zero-order valence-electron chi connectivity index (χ0n) is 18.7. The second kappa shape index (κ2) is 9.35. The number of amides is 1. The highest BCUT2D eigenvalue weighted by Crippen LogP contribution is 2.26. The minimum Gasteiger partial charge on any atom is -0.343 e. The molecule has 0 aliphatic carbocycles. The van der Waals surface area contributed by atoms with Gasteiger partial charge < -0.3 is 4.90 Å². The van der Waals surface area contributed by atoms with Crippen LogP contribution in [0.5, 0.6) is 0 Å². The predicted octanol–water partition coefficient (Wildman–Crippen LogP) is 4.64. The molecule has 3 aromatic rings. The third-order valence-electron chi connectivity index (χ3n) is 6.65. The van der Waals surface area contributed by atoms with E-state index in [9.17, 15) is 9.59 Å². The van der Waals surface area contributed by atoms with Gasteiger partial charge in [-0.15, -0.1) is 11.3 Å². The lowest BCUT2D eigenvalue weighted by atomic mass is 9.90. The van der Waals surface area contributed by atoms with E-state index >= 15 is 0 Å². The van der Waals surface area contributed by atoms with E-state index < -0.39 is 0 Å². The number of piperidine rings is 1. The largest absolute Gasteiger partial charge is 0.343 e. The van der Waals surface area contributed by atoms with Gasteiger partial charge in [0, 0.05) is 30.9 Å². The fraction of sp³-hybridized carbons (Fsp3) is 0.480. The van der Waals surface area contributed by atoms with E-state index in [0.717, 1.165) is 47.6 Å². The summed E-state index contributed by atoms with van der Waals surface area (Å²) in [4.78, 5) is 33.8. The minimum atomic E-state index is -0.0329. The van der Waals surface area contributed by atoms with Crippen LogP contribution in [0, 0.1) is 26.7 Å². The van der Waals surface area contributed by atoms with E-state index in [1.54, 1.807) is 22.2 Å². The number of fused-ring (bicyclic) bond motifs is 1. The van der Waals surface area contributed by atoms with Crippen LogP contribution in [0.4, 0.5) is 0 Å². The van der Waals surface area contributed by atoms with Crippen LogP contribution >= 0.6 is 11.3 Å². The van der Waals surface area contributed by atoms with Gasteiger partial charge in [-0.3, -0.25) is 14.2 Å². The Morgan fingerprint density at radius 2 is 1.84 bits per heavy atom. The van der Waals surface area contributed by atoms with Gasteiger partial charge in [0.2, 0.25) is 5.91 Å². The summed E-state index contributed by atoms with van der Waals surface area (Å²) >= 11 is 1.55. The summed E-state index contributed by atoms with van der Waals surface area (Å²) in [5.41, 5.74) is 3.67. The molecule has 0 spiro atoms. The van der Waals surface area contributed by atoms with Crippen molar-refractivity contribution in [3.8, 4) is 0 Å². The van der Waals surface area contributed by atoms with Crippen molar-refractivity contribution >= 4 is 27.5 Å². The quantitative estimate of drug-likeness (QED) is 0.564. The molecule has 0 radical (unpaired) electrons. The molecule has 1 aliphatic heterocycles. The Labute approximate surface area is 187 Å². The molecule has 0 N–H and O–H groups in total. The summed E-state index contributed by atoms with van der Waals surface area (Å²) in [6.45, 7) is 8.14. The van der Waals surface area contributed by atoms with E-state index in [4.69, 9.17) is 0 Å². The molecule has 1 aromatic carbocycles. The van der Waals surface area contributed by atoms with Crippen molar-refractivity contribution in [2.45, 2.75) is 59.4 Å². The molecule has 0 saturated carbocycles. The van der Waals surface area contributed by atoms with Crippen molar-refractivity contribution < 1.29 is 4.79 Å². The molecule has 1 aliphatic rings. The van der Waals surface area contributed by atoms with E-state index in [2.05, 4.69) is 36.2 Å². The Morgan fingerprint density at radius 3 is 2.55 bits per heavy atom. The van der Waals surface area contributed by atoms with Crippen molar-refractivity contribution in [2.24, 2.45) is 5.92 Å². The summed E-state index contributed by atoms with van der Waals surface area (Å²) in [6.07, 6.45) is 6.37. The molecule has 1 fully saturated rings. The first-order valence-electron chi connectivity index (χ1n) is 11.2. The molecule has 31 heavy (non-hydrogen) atoms. The van der Waals surface area contributed by atoms with Gasteiger partial charge in [-0.05, 0) is 63.5 Å². The summed E-state index contributed by atoms with van der Waals surface area (Å²) in [7, 11) is 0. The van der Waals surface area contributed by atoms with E-state index in [-0.39, 0.29) is 11.5 Å². The van der Waals surface area contributed by atoms with Gasteiger partial charge in [0.05, 0.1) is 11.7 Å². The molecule has 4 rings (SSSR count). The molecule has 1 saturated heterocycles. The number of aryl methyl sites for hydroxylation is 5. The smallest absolute Gasteiger partial charge is 0.262 e. The number of hydrogen-bond acceptors (Lipinski definition) is 4. The molecular formula is C25H31N3O2S. The van der Waals surface area contributed by atoms with Gasteiger partial charge in [-0.25, -0.2) is 4.98 Å². The van der Waals surface area contributed by atoms with Crippen molar-refractivity contribution in [2.75, 3.05) is 13.1 Å². The summed E-state index contributed by atoms with van der Waals surface area (Å²) in [6, 6.07) is 8.80. The SMILES string of the molecule is Cc1ccc(CCC2CCN(C(=O)CCn3cnc4sc(C)c(C)c4c3=O)CC2)cc1. The van der Waals surface area contributed by atoms with Crippen LogP contribution in [0.25, 0.3) is 10.2 Å². The monoisotopic (exact) mass is 437 g/mol. The molecule has 5 nitrogen and oxygen atoms in total. The topological polar surface area (TPSA) is 55.2 Å². The van der Waals surface area contributed by atoms with Crippen LogP contribution in [-0.2, 0) is 17.8 Å². The number of nitrogens with zero attached hydrogens (tertiary/aromatic N) is 3. The standard InChI is InChI=1S/C25H31N3O2S/c1-17-4-6-20(7-5-17)8-9-21-10-13-27(14-11-21)22(29)12-15-28-16-26-24-23(25(28)30)18(2)19(3)31-24/h4-7,16,21H,8-15H2,1-3H3. The lowest BCUT2D eigenvalue weighted by Gasteiger charge is -2.32. The lowest BCUT2D eigenvalue weighted by molar-refractivity contribution is -0.132. The zero-order chi connectivity index (χ0) is 22.0. The Kier molecular flexibility index (Phi) is 6.56. The highest BCUT2D eigenvalue weighted by molar-refractivity contribution is 7.18. The summed E-state index contributed by atoms with van der Waals surface area (Å²) in [5.74, 6) is 0.826. The predicted molar refractivity (Wildman–Crippen MR) is 127 cm³/mol. The van der Waals surface area contributed by atoms with Crippen LogP contribution in [0.2, 0.25) is 0 Å². The third kappa shape index (κ3) is 4.90. The first kappa shape index (κ1) is 21.8. The van der Waals surface area contributed by atoms with Crippen molar-refractivity contribution in [3.63, 3.8) is 0 Å². The normalized spacial score (nSPS) is 15.0. The molecule has 1 amide bonds. The summed E-state index contributed by atoms with van der Waals surface area (Å²) in [5, 5.41) is 0.701. The van der Waals surface area contributed by atoms with Crippen LogP contribution in [0.15, 0.2) is 35.4 Å². The van der Waals surface area contributed by atoms with Gasteiger partial charge in [-0.1, -0.05) is 29.8 Å². The molecule has 164 valence electrons. The van der Waals surface area contributed by atoms with Crippen LogP contribution in [0.1, 0.15) is 47.3 Å². The van der Waals surface area contributed by atoms with Crippen LogP contribution in [-0.4, -0.2) is 33.4 Å². The first-order valence-corrected chi connectivity index (χ1v) is 12.0. The molecule has 0 unspecified atom stereocenters. The van der Waals surface area contributed by atoms with Gasteiger partial charge in [-0.2, -0.15) is 0 Å². The van der Waals surface area contributed by atoms with Gasteiger partial charge in [0.1, 0.15) is 4.83 Å². The molecule has 2 aromatic heterocycles. The van der Waals surface area contributed by atoms with Gasteiger partial charge >= 0.3 is 0 Å². The molecule has 0 bridgehead atoms. The van der Waals surface area contributed by atoms with Crippen molar-refractivity contribution in [3.05, 3.63) is 62.5 Å². The maximum Gasteiger partial charge on any atom is 0.262 e. The van der Waals surface area contributed by atoms with Crippen LogP contribution < -0.4 is 5.56 Å². The van der Waals surface area contributed by atoms with Crippen LogP contribution in [0.3, 0.4) is 0 Å². The average molecular weight is 438 g/mol. The average Bonchev–Trinajstić information content (AvgIpc) is 3.07. The number of hydrogen-bond donors (Lipinski definition) is 0. The lowest BCUT2D eigenvalue weighted by Crippen LogP contribution is -2.39. The number of likely N-dealkylation sites (tertiary alicyclic amines) is 1. The Hall–Kier alpha value is -2.47. The third-order valence-corrected chi connectivity index (χ3v) is 7.77. The second-order valence-corrected chi connectivity index (χ2v) is 10.0. The Bertz CT molecular complexity index is 1120. The van der Waals surface area contributed by atoms with E-state index in [1.807, 2.05) is 18.7 Å². The number of aromatic nitrogens is 2. The van der Waals surface area contributed by atoms with Crippen molar-refractivity contribution in [1.29, 1.82) is 0 Å². The van der Waals surface area contributed by atoms with Gasteiger partial charge in [0.15, 0.2) is 0 Å². The molecular weight excluding hydrogens is 406 g/mol. The van der Waals surface area contributed by atoms with Crippen molar-refractivity contribution in [1.82, 2.24) is 14.5 Å².